The van der Waals surface area contributed by atoms with Crippen molar-refractivity contribution in [2.75, 3.05) is 7.11 Å². The van der Waals surface area contributed by atoms with Gasteiger partial charge in [0.05, 0.1) is 23.3 Å². The SMILES string of the molecule is COCc1nc2nccc(F)c2cc1C(=O)O. The third kappa shape index (κ3) is 2.07. The molecule has 0 atom stereocenters. The van der Waals surface area contributed by atoms with Crippen LogP contribution in [0.4, 0.5) is 4.39 Å². The lowest BCUT2D eigenvalue weighted by Crippen LogP contribution is -2.07. The molecule has 0 bridgehead atoms. The van der Waals surface area contributed by atoms with E-state index in [4.69, 9.17) is 9.84 Å². The van der Waals surface area contributed by atoms with Crippen LogP contribution < -0.4 is 0 Å². The normalized spacial score (nSPS) is 10.7. The van der Waals surface area contributed by atoms with Crippen LogP contribution in [0.5, 0.6) is 0 Å². The maximum Gasteiger partial charge on any atom is 0.337 e. The largest absolute Gasteiger partial charge is 0.478 e. The molecule has 2 aromatic heterocycles. The van der Waals surface area contributed by atoms with Gasteiger partial charge in [-0.3, -0.25) is 0 Å². The van der Waals surface area contributed by atoms with Gasteiger partial charge in [0.15, 0.2) is 5.65 Å². The minimum absolute atomic E-state index is 0.0375. The molecule has 0 aliphatic rings. The number of methoxy groups -OCH3 is 1. The average Bonchev–Trinajstić information content (AvgIpc) is 2.29. The Labute approximate surface area is 95.9 Å². The molecule has 17 heavy (non-hydrogen) atoms. The fourth-order valence-corrected chi connectivity index (χ4v) is 1.51. The molecule has 0 unspecified atom stereocenters. The first-order valence-electron chi connectivity index (χ1n) is 4.80. The van der Waals surface area contributed by atoms with E-state index >= 15 is 0 Å². The van der Waals surface area contributed by atoms with Gasteiger partial charge in [-0.25, -0.2) is 19.2 Å². The molecule has 0 radical (unpaired) electrons. The van der Waals surface area contributed by atoms with Crippen LogP contribution in [0, 0.1) is 5.82 Å². The number of carboxylic acid groups (broad SMARTS) is 1. The number of ether oxygens (including phenoxy) is 1. The fraction of sp³-hybridized carbons (Fsp3) is 0.182. The number of fused-ring (bicyclic) bond motifs is 1. The summed E-state index contributed by atoms with van der Waals surface area (Å²) in [4.78, 5) is 18.9. The van der Waals surface area contributed by atoms with Crippen LogP contribution in [0.15, 0.2) is 18.3 Å². The molecule has 1 N–H and O–H groups in total. The number of nitrogens with zero attached hydrogens (tertiary/aromatic N) is 2. The Bertz CT molecular complexity index is 586. The molecular weight excluding hydrogens is 227 g/mol. The topological polar surface area (TPSA) is 72.3 Å². The third-order valence-corrected chi connectivity index (χ3v) is 2.27. The average molecular weight is 236 g/mol. The Hall–Kier alpha value is -2.08. The number of hydrogen-bond donors (Lipinski definition) is 1. The van der Waals surface area contributed by atoms with E-state index in [1.807, 2.05) is 0 Å². The Balaban J connectivity index is 2.72. The van der Waals surface area contributed by atoms with Crippen LogP contribution in [0.1, 0.15) is 16.1 Å². The molecule has 0 aliphatic carbocycles. The fourth-order valence-electron chi connectivity index (χ4n) is 1.51. The van der Waals surface area contributed by atoms with Crippen LogP contribution >= 0.6 is 0 Å². The highest BCUT2D eigenvalue weighted by molar-refractivity contribution is 5.93. The highest BCUT2D eigenvalue weighted by Crippen LogP contribution is 2.18. The van der Waals surface area contributed by atoms with Gasteiger partial charge in [0.2, 0.25) is 0 Å². The second-order valence-corrected chi connectivity index (χ2v) is 3.38. The minimum Gasteiger partial charge on any atom is -0.478 e. The van der Waals surface area contributed by atoms with Gasteiger partial charge >= 0.3 is 5.97 Å². The van der Waals surface area contributed by atoms with Gasteiger partial charge in [0, 0.05) is 13.3 Å². The van der Waals surface area contributed by atoms with Crippen molar-refractivity contribution in [3.63, 3.8) is 0 Å². The van der Waals surface area contributed by atoms with Crippen LogP contribution in [-0.2, 0) is 11.3 Å². The number of rotatable bonds is 3. The van der Waals surface area contributed by atoms with E-state index in [9.17, 15) is 9.18 Å². The smallest absolute Gasteiger partial charge is 0.337 e. The molecule has 2 rings (SSSR count). The molecular formula is C11H9FN2O3. The van der Waals surface area contributed by atoms with E-state index in [-0.39, 0.29) is 28.9 Å². The number of aromatic nitrogens is 2. The lowest BCUT2D eigenvalue weighted by molar-refractivity contribution is 0.0691. The summed E-state index contributed by atoms with van der Waals surface area (Å²) in [5.41, 5.74) is 0.318. The first kappa shape index (κ1) is 11.4. The van der Waals surface area contributed by atoms with E-state index in [1.165, 1.54) is 19.4 Å². The van der Waals surface area contributed by atoms with Gasteiger partial charge in [-0.1, -0.05) is 0 Å². The first-order valence-corrected chi connectivity index (χ1v) is 4.80. The molecule has 6 heteroatoms. The Morgan fingerprint density at radius 1 is 1.59 bits per heavy atom. The van der Waals surface area contributed by atoms with Gasteiger partial charge in [0.1, 0.15) is 5.82 Å². The van der Waals surface area contributed by atoms with Crippen molar-refractivity contribution in [1.29, 1.82) is 0 Å². The zero-order valence-electron chi connectivity index (χ0n) is 8.98. The molecule has 88 valence electrons. The summed E-state index contributed by atoms with van der Waals surface area (Å²) in [6, 6.07) is 2.38. The molecule has 0 aromatic carbocycles. The van der Waals surface area contributed by atoms with Gasteiger partial charge < -0.3 is 9.84 Å². The van der Waals surface area contributed by atoms with Crippen molar-refractivity contribution in [2.45, 2.75) is 6.61 Å². The Morgan fingerprint density at radius 3 is 3.00 bits per heavy atom. The molecule has 0 aliphatic heterocycles. The molecule has 0 saturated carbocycles. The summed E-state index contributed by atoms with van der Waals surface area (Å²) in [7, 11) is 1.43. The molecule has 2 aromatic rings. The lowest BCUT2D eigenvalue weighted by Gasteiger charge is -2.06. The molecule has 2 heterocycles. The summed E-state index contributed by atoms with van der Waals surface area (Å²) in [5, 5.41) is 9.09. The van der Waals surface area contributed by atoms with E-state index < -0.39 is 11.8 Å². The van der Waals surface area contributed by atoms with E-state index in [0.29, 0.717) is 0 Å². The number of aromatic carboxylic acids is 1. The number of halogens is 1. The van der Waals surface area contributed by atoms with Crippen molar-refractivity contribution in [2.24, 2.45) is 0 Å². The van der Waals surface area contributed by atoms with Crippen molar-refractivity contribution < 1.29 is 19.0 Å². The summed E-state index contributed by atoms with van der Waals surface area (Å²) >= 11 is 0. The van der Waals surface area contributed by atoms with Crippen molar-refractivity contribution in [1.82, 2.24) is 9.97 Å². The molecule has 5 nitrogen and oxygen atoms in total. The van der Waals surface area contributed by atoms with E-state index in [2.05, 4.69) is 9.97 Å². The summed E-state index contributed by atoms with van der Waals surface area (Å²) in [6.45, 7) is 0.0375. The predicted molar refractivity (Wildman–Crippen MR) is 57.2 cm³/mol. The summed E-state index contributed by atoms with van der Waals surface area (Å²) < 4.78 is 18.3. The van der Waals surface area contributed by atoms with Crippen LogP contribution in [0.3, 0.4) is 0 Å². The highest BCUT2D eigenvalue weighted by atomic mass is 19.1. The van der Waals surface area contributed by atoms with Crippen molar-refractivity contribution in [3.05, 3.63) is 35.4 Å². The molecule has 0 fully saturated rings. The number of hydrogen-bond acceptors (Lipinski definition) is 4. The van der Waals surface area contributed by atoms with Crippen molar-refractivity contribution >= 4 is 17.0 Å². The molecule has 0 amide bonds. The predicted octanol–water partition coefficient (Wildman–Crippen LogP) is 1.61. The monoisotopic (exact) mass is 236 g/mol. The lowest BCUT2D eigenvalue weighted by atomic mass is 10.1. The second-order valence-electron chi connectivity index (χ2n) is 3.38. The summed E-state index contributed by atoms with van der Waals surface area (Å²) in [6.07, 6.45) is 1.28. The maximum atomic E-state index is 13.4. The Kier molecular flexibility index (Phi) is 2.97. The number of carbonyl (C=O) groups is 1. The Morgan fingerprint density at radius 2 is 2.35 bits per heavy atom. The second kappa shape index (κ2) is 4.42. The van der Waals surface area contributed by atoms with Gasteiger partial charge in [-0.05, 0) is 12.1 Å². The molecule has 0 spiro atoms. The van der Waals surface area contributed by atoms with Crippen LogP contribution in [0.25, 0.3) is 11.0 Å². The van der Waals surface area contributed by atoms with E-state index in [0.717, 1.165) is 6.07 Å². The third-order valence-electron chi connectivity index (χ3n) is 2.27. The van der Waals surface area contributed by atoms with Gasteiger partial charge in [0.25, 0.3) is 0 Å². The number of carboxylic acids is 1. The van der Waals surface area contributed by atoms with Crippen LogP contribution in [0.2, 0.25) is 0 Å². The number of pyridine rings is 2. The highest BCUT2D eigenvalue weighted by Gasteiger charge is 2.15. The standard InChI is InChI=1S/C11H9FN2O3/c1-17-5-9-7(11(15)16)4-6-8(12)2-3-13-10(6)14-9/h2-4H,5H2,1H3,(H,15,16). The zero-order chi connectivity index (χ0) is 12.4. The minimum atomic E-state index is -1.17. The van der Waals surface area contributed by atoms with Crippen LogP contribution in [-0.4, -0.2) is 28.2 Å². The summed E-state index contributed by atoms with van der Waals surface area (Å²) in [5.74, 6) is -1.72. The van der Waals surface area contributed by atoms with Gasteiger partial charge in [-0.15, -0.1) is 0 Å². The maximum absolute atomic E-state index is 13.4. The quantitative estimate of drug-likeness (QED) is 0.876. The first-order chi connectivity index (χ1) is 8.13. The van der Waals surface area contributed by atoms with Crippen molar-refractivity contribution in [3.8, 4) is 0 Å². The van der Waals surface area contributed by atoms with Gasteiger partial charge in [-0.2, -0.15) is 0 Å². The molecule has 0 saturated heterocycles. The zero-order valence-corrected chi connectivity index (χ0v) is 8.98. The van der Waals surface area contributed by atoms with E-state index in [1.54, 1.807) is 0 Å².